The van der Waals surface area contributed by atoms with Crippen molar-refractivity contribution in [2.24, 2.45) is 0 Å². The van der Waals surface area contributed by atoms with E-state index >= 15 is 0 Å². The van der Waals surface area contributed by atoms with Crippen molar-refractivity contribution in [3.8, 4) is 0 Å². The van der Waals surface area contributed by atoms with Gasteiger partial charge >= 0.3 is 0 Å². The third-order valence-corrected chi connectivity index (χ3v) is 2.91. The Morgan fingerprint density at radius 2 is 2.00 bits per heavy atom. The number of rotatable bonds is 1. The molecule has 0 saturated carbocycles. The van der Waals surface area contributed by atoms with E-state index in [2.05, 4.69) is 55.4 Å². The molecular weight excluding hydrogens is 220 g/mol. The largest absolute Gasteiger partial charge is 0.322 e. The van der Waals surface area contributed by atoms with E-state index in [1.807, 2.05) is 0 Å². The molecule has 0 amide bonds. The van der Waals surface area contributed by atoms with Crippen LogP contribution in [-0.2, 0) is 11.4 Å². The van der Waals surface area contributed by atoms with Crippen LogP contribution in [0.5, 0.6) is 0 Å². The third kappa shape index (κ3) is 1.82. The number of aryl methyl sites for hydroxylation is 1. The lowest BCUT2D eigenvalue weighted by atomic mass is 10.1. The molecule has 1 aromatic carbocycles. The monoisotopic (exact) mass is 236 g/mol. The number of nitrogens with zero attached hydrogens (tertiary/aromatic N) is 2. The summed E-state index contributed by atoms with van der Waals surface area (Å²) in [4.78, 5) is 4.57. The first kappa shape index (κ1) is 11.5. The molecule has 0 unspecified atom stereocenters. The molecule has 1 aromatic heterocycles. The lowest BCUT2D eigenvalue weighted by molar-refractivity contribution is 0.398. The van der Waals surface area contributed by atoms with Crippen LogP contribution in [0.1, 0.15) is 32.2 Å². The van der Waals surface area contributed by atoms with Crippen LogP contribution in [0.25, 0.3) is 11.0 Å². The Morgan fingerprint density at radius 1 is 1.31 bits per heavy atom. The van der Waals surface area contributed by atoms with Crippen molar-refractivity contribution in [2.75, 3.05) is 0 Å². The van der Waals surface area contributed by atoms with Crippen molar-refractivity contribution < 1.29 is 0 Å². The molecule has 0 aliphatic carbocycles. The van der Waals surface area contributed by atoms with Gasteiger partial charge in [0.05, 0.1) is 16.9 Å². The van der Waals surface area contributed by atoms with Gasteiger partial charge in [-0.05, 0) is 45.4 Å². The fourth-order valence-corrected chi connectivity index (χ4v) is 2.25. The molecule has 2 rings (SSSR count). The molecule has 0 spiro atoms. The van der Waals surface area contributed by atoms with E-state index in [-0.39, 0.29) is 5.54 Å². The Kier molecular flexibility index (Phi) is 2.70. The first-order valence-corrected chi connectivity index (χ1v) is 6.01. The second-order valence-electron chi connectivity index (χ2n) is 5.16. The summed E-state index contributed by atoms with van der Waals surface area (Å²) < 4.78 is 2.22. The van der Waals surface area contributed by atoms with Gasteiger partial charge in [0, 0.05) is 5.54 Å². The average Bonchev–Trinajstić information content (AvgIpc) is 2.54. The molecule has 0 radical (unpaired) electrons. The zero-order chi connectivity index (χ0) is 11.9. The number of hydrogen-bond donors (Lipinski definition) is 0. The molecule has 0 aliphatic heterocycles. The number of benzene rings is 1. The van der Waals surface area contributed by atoms with Gasteiger partial charge < -0.3 is 4.57 Å². The van der Waals surface area contributed by atoms with E-state index < -0.39 is 0 Å². The topological polar surface area (TPSA) is 17.8 Å². The molecule has 2 nitrogen and oxygen atoms in total. The van der Waals surface area contributed by atoms with Gasteiger partial charge in [-0.2, -0.15) is 0 Å². The molecule has 2 aromatic rings. The van der Waals surface area contributed by atoms with Crippen LogP contribution in [0.2, 0.25) is 0 Å². The SMILES string of the molecule is Cc1ccc2nc(CCl)n(C(C)(C)C)c2c1. The van der Waals surface area contributed by atoms with E-state index in [1.165, 1.54) is 11.1 Å². The van der Waals surface area contributed by atoms with Crippen LogP contribution in [-0.4, -0.2) is 9.55 Å². The number of aromatic nitrogens is 2. The highest BCUT2D eigenvalue weighted by molar-refractivity contribution is 6.16. The van der Waals surface area contributed by atoms with Crippen LogP contribution in [0.3, 0.4) is 0 Å². The van der Waals surface area contributed by atoms with Crippen LogP contribution < -0.4 is 0 Å². The first-order valence-electron chi connectivity index (χ1n) is 5.48. The molecule has 0 bridgehead atoms. The third-order valence-electron chi connectivity index (χ3n) is 2.67. The van der Waals surface area contributed by atoms with Gasteiger partial charge in [-0.1, -0.05) is 6.07 Å². The number of hydrogen-bond acceptors (Lipinski definition) is 1. The average molecular weight is 237 g/mol. The van der Waals surface area contributed by atoms with Crippen molar-refractivity contribution in [1.29, 1.82) is 0 Å². The Hall–Kier alpha value is -1.02. The second kappa shape index (κ2) is 3.77. The van der Waals surface area contributed by atoms with E-state index in [0.29, 0.717) is 5.88 Å². The maximum Gasteiger partial charge on any atom is 0.125 e. The molecule has 0 saturated heterocycles. The summed E-state index contributed by atoms with van der Waals surface area (Å²) >= 11 is 5.97. The Balaban J connectivity index is 2.81. The zero-order valence-electron chi connectivity index (χ0n) is 10.2. The van der Waals surface area contributed by atoms with E-state index in [0.717, 1.165) is 11.3 Å². The molecule has 3 heteroatoms. The quantitative estimate of drug-likeness (QED) is 0.688. The highest BCUT2D eigenvalue weighted by Gasteiger charge is 2.20. The van der Waals surface area contributed by atoms with Gasteiger partial charge in [-0.3, -0.25) is 0 Å². The van der Waals surface area contributed by atoms with E-state index in [1.54, 1.807) is 0 Å². The highest BCUT2D eigenvalue weighted by Crippen LogP contribution is 2.26. The summed E-state index contributed by atoms with van der Waals surface area (Å²) in [5, 5.41) is 0. The Labute approximate surface area is 101 Å². The summed E-state index contributed by atoms with van der Waals surface area (Å²) in [6.45, 7) is 8.62. The zero-order valence-corrected chi connectivity index (χ0v) is 11.0. The molecule has 0 atom stereocenters. The minimum atomic E-state index is 0.00671. The predicted molar refractivity (Wildman–Crippen MR) is 69.0 cm³/mol. The predicted octanol–water partition coefficient (Wildman–Crippen LogP) is 3.84. The molecular formula is C13H17ClN2. The highest BCUT2D eigenvalue weighted by atomic mass is 35.5. The number of halogens is 1. The summed E-state index contributed by atoms with van der Waals surface area (Å²) in [5.41, 5.74) is 3.45. The van der Waals surface area contributed by atoms with Crippen molar-refractivity contribution in [3.63, 3.8) is 0 Å². The summed E-state index contributed by atoms with van der Waals surface area (Å²) in [6, 6.07) is 6.31. The van der Waals surface area contributed by atoms with Gasteiger partial charge in [0.1, 0.15) is 5.82 Å². The van der Waals surface area contributed by atoms with Crippen LogP contribution in [0.4, 0.5) is 0 Å². The first-order chi connectivity index (χ1) is 7.43. The maximum absolute atomic E-state index is 5.97. The number of fused-ring (bicyclic) bond motifs is 1. The second-order valence-corrected chi connectivity index (χ2v) is 5.43. The maximum atomic E-state index is 5.97. The molecule has 0 fully saturated rings. The van der Waals surface area contributed by atoms with Gasteiger partial charge in [-0.15, -0.1) is 11.6 Å². The smallest absolute Gasteiger partial charge is 0.125 e. The lowest BCUT2D eigenvalue weighted by Crippen LogP contribution is -2.23. The van der Waals surface area contributed by atoms with Crippen molar-refractivity contribution in [3.05, 3.63) is 29.6 Å². The van der Waals surface area contributed by atoms with E-state index in [9.17, 15) is 0 Å². The lowest BCUT2D eigenvalue weighted by Gasteiger charge is -2.24. The Bertz CT molecular complexity index is 520. The molecule has 86 valence electrons. The van der Waals surface area contributed by atoms with Gasteiger partial charge in [-0.25, -0.2) is 4.98 Å². The fourth-order valence-electron chi connectivity index (χ4n) is 2.07. The summed E-state index contributed by atoms with van der Waals surface area (Å²) in [6.07, 6.45) is 0. The van der Waals surface area contributed by atoms with Gasteiger partial charge in [0.2, 0.25) is 0 Å². The Morgan fingerprint density at radius 3 is 2.56 bits per heavy atom. The minimum Gasteiger partial charge on any atom is -0.322 e. The molecule has 0 N–H and O–H groups in total. The number of imidazole rings is 1. The van der Waals surface area contributed by atoms with Crippen LogP contribution in [0.15, 0.2) is 18.2 Å². The molecule has 16 heavy (non-hydrogen) atoms. The van der Waals surface area contributed by atoms with Gasteiger partial charge in [0.25, 0.3) is 0 Å². The van der Waals surface area contributed by atoms with Gasteiger partial charge in [0.15, 0.2) is 0 Å². The van der Waals surface area contributed by atoms with E-state index in [4.69, 9.17) is 11.6 Å². The van der Waals surface area contributed by atoms with Crippen molar-refractivity contribution in [1.82, 2.24) is 9.55 Å². The molecule has 0 aliphatic rings. The summed E-state index contributed by atoms with van der Waals surface area (Å²) in [7, 11) is 0. The number of alkyl halides is 1. The van der Waals surface area contributed by atoms with Crippen molar-refractivity contribution >= 4 is 22.6 Å². The van der Waals surface area contributed by atoms with Crippen LogP contribution in [0, 0.1) is 6.92 Å². The molecule has 1 heterocycles. The van der Waals surface area contributed by atoms with Crippen molar-refractivity contribution in [2.45, 2.75) is 39.1 Å². The minimum absolute atomic E-state index is 0.00671. The standard InChI is InChI=1S/C13H17ClN2/c1-9-5-6-10-11(7-9)16(13(2,3)4)12(8-14)15-10/h5-7H,8H2,1-4H3. The normalized spacial score (nSPS) is 12.3. The van der Waals surface area contributed by atoms with Crippen LogP contribution >= 0.6 is 11.6 Å². The fraction of sp³-hybridized carbons (Fsp3) is 0.462. The summed E-state index contributed by atoms with van der Waals surface area (Å²) in [5.74, 6) is 1.39.